The summed E-state index contributed by atoms with van der Waals surface area (Å²) in [5.74, 6) is 1.79. The van der Waals surface area contributed by atoms with Crippen molar-refractivity contribution in [3.8, 4) is 0 Å². The number of nitrogens with one attached hydrogen (secondary N) is 1. The smallest absolute Gasteiger partial charge is 0.135 e. The van der Waals surface area contributed by atoms with Crippen molar-refractivity contribution in [1.82, 2.24) is 15.0 Å². The lowest BCUT2D eigenvalue weighted by Gasteiger charge is -2.08. The van der Waals surface area contributed by atoms with E-state index in [2.05, 4.69) is 34.1 Å². The molecule has 0 atom stereocenters. The van der Waals surface area contributed by atoms with Crippen molar-refractivity contribution in [3.05, 3.63) is 47.7 Å². The minimum atomic E-state index is 0.747. The molecule has 19 heavy (non-hydrogen) atoms. The van der Waals surface area contributed by atoms with E-state index in [1.807, 2.05) is 18.2 Å². The molecule has 4 heteroatoms. The lowest BCUT2D eigenvalue weighted by Crippen LogP contribution is -2.07. The first-order valence-corrected chi connectivity index (χ1v) is 6.81. The average molecular weight is 256 g/mol. The van der Waals surface area contributed by atoms with Gasteiger partial charge in [-0.25, -0.2) is 9.97 Å². The summed E-state index contributed by atoms with van der Waals surface area (Å²) in [6.07, 6.45) is 6.36. The highest BCUT2D eigenvalue weighted by Crippen LogP contribution is 2.11. The van der Waals surface area contributed by atoms with E-state index in [9.17, 15) is 0 Å². The van der Waals surface area contributed by atoms with E-state index in [0.29, 0.717) is 0 Å². The number of aryl methyl sites for hydroxylation is 1. The molecule has 0 bridgehead atoms. The molecule has 0 radical (unpaired) electrons. The molecular weight excluding hydrogens is 236 g/mol. The summed E-state index contributed by atoms with van der Waals surface area (Å²) < 4.78 is 0. The van der Waals surface area contributed by atoms with Crippen LogP contribution in [0.3, 0.4) is 0 Å². The fourth-order valence-electron chi connectivity index (χ4n) is 1.84. The van der Waals surface area contributed by atoms with Crippen LogP contribution in [0.5, 0.6) is 0 Å². The molecule has 0 unspecified atom stereocenters. The summed E-state index contributed by atoms with van der Waals surface area (Å²) in [5, 5.41) is 3.33. The Labute approximate surface area is 114 Å². The Bertz CT molecular complexity index is 511. The van der Waals surface area contributed by atoms with Gasteiger partial charge in [0.2, 0.25) is 0 Å². The van der Waals surface area contributed by atoms with Gasteiger partial charge < -0.3 is 5.32 Å². The van der Waals surface area contributed by atoms with Gasteiger partial charge in [-0.15, -0.1) is 0 Å². The molecule has 100 valence electrons. The number of pyridine rings is 1. The Kier molecular flexibility index (Phi) is 4.84. The molecule has 0 amide bonds. The number of aromatic nitrogens is 3. The molecule has 2 aromatic rings. The zero-order valence-corrected chi connectivity index (χ0v) is 11.6. The predicted octanol–water partition coefficient (Wildman–Crippen LogP) is 2.85. The van der Waals surface area contributed by atoms with Crippen molar-refractivity contribution in [3.63, 3.8) is 0 Å². The Morgan fingerprint density at radius 1 is 1.11 bits per heavy atom. The van der Waals surface area contributed by atoms with E-state index in [-0.39, 0.29) is 0 Å². The molecule has 0 fully saturated rings. The standard InChI is InChI=1S/C15H20N4/c1-3-7-17-14-11-13(4-2)18-15(19-14)10-12-5-8-16-9-6-12/h5-6,8-9,11H,3-4,7,10H2,1-2H3,(H,17,18,19). The first kappa shape index (κ1) is 13.5. The van der Waals surface area contributed by atoms with Gasteiger partial charge in [0.05, 0.1) is 0 Å². The van der Waals surface area contributed by atoms with Crippen molar-refractivity contribution >= 4 is 5.82 Å². The van der Waals surface area contributed by atoms with Crippen LogP contribution in [0.2, 0.25) is 0 Å². The van der Waals surface area contributed by atoms with Crippen LogP contribution in [-0.2, 0) is 12.8 Å². The van der Waals surface area contributed by atoms with E-state index in [1.165, 1.54) is 5.56 Å². The Morgan fingerprint density at radius 3 is 2.58 bits per heavy atom. The third-order valence-electron chi connectivity index (χ3n) is 2.86. The van der Waals surface area contributed by atoms with Gasteiger partial charge in [0.25, 0.3) is 0 Å². The van der Waals surface area contributed by atoms with Crippen molar-refractivity contribution in [2.24, 2.45) is 0 Å². The Morgan fingerprint density at radius 2 is 1.89 bits per heavy atom. The van der Waals surface area contributed by atoms with Crippen molar-refractivity contribution in [2.45, 2.75) is 33.1 Å². The highest BCUT2D eigenvalue weighted by molar-refractivity contribution is 5.36. The van der Waals surface area contributed by atoms with Gasteiger partial charge in [-0.2, -0.15) is 0 Å². The van der Waals surface area contributed by atoms with Gasteiger partial charge in [0.1, 0.15) is 11.6 Å². The third kappa shape index (κ3) is 4.02. The summed E-state index contributed by atoms with van der Waals surface area (Å²) >= 11 is 0. The molecule has 0 aliphatic carbocycles. The second-order valence-corrected chi connectivity index (χ2v) is 4.47. The minimum Gasteiger partial charge on any atom is -0.370 e. The van der Waals surface area contributed by atoms with Gasteiger partial charge in [-0.3, -0.25) is 4.98 Å². The molecule has 2 heterocycles. The van der Waals surface area contributed by atoms with E-state index < -0.39 is 0 Å². The second kappa shape index (κ2) is 6.83. The first-order valence-electron chi connectivity index (χ1n) is 6.81. The molecule has 4 nitrogen and oxygen atoms in total. The van der Waals surface area contributed by atoms with Gasteiger partial charge in [0, 0.05) is 37.1 Å². The van der Waals surface area contributed by atoms with E-state index in [4.69, 9.17) is 0 Å². The molecule has 0 spiro atoms. The minimum absolute atomic E-state index is 0.747. The monoisotopic (exact) mass is 256 g/mol. The number of nitrogens with zero attached hydrogens (tertiary/aromatic N) is 3. The Balaban J connectivity index is 2.19. The Hall–Kier alpha value is -1.97. The quantitative estimate of drug-likeness (QED) is 0.863. The van der Waals surface area contributed by atoms with Crippen LogP contribution in [0.4, 0.5) is 5.82 Å². The van der Waals surface area contributed by atoms with Crippen LogP contribution in [0.1, 0.15) is 37.4 Å². The van der Waals surface area contributed by atoms with Gasteiger partial charge in [-0.05, 0) is 30.5 Å². The molecular formula is C15H20N4. The summed E-state index contributed by atoms with van der Waals surface area (Å²) in [6, 6.07) is 6.04. The largest absolute Gasteiger partial charge is 0.370 e. The molecule has 0 aliphatic heterocycles. The fourth-order valence-corrected chi connectivity index (χ4v) is 1.84. The number of hydrogen-bond acceptors (Lipinski definition) is 4. The summed E-state index contributed by atoms with van der Waals surface area (Å²) in [4.78, 5) is 13.2. The molecule has 2 aromatic heterocycles. The van der Waals surface area contributed by atoms with E-state index in [0.717, 1.165) is 43.1 Å². The molecule has 0 aliphatic rings. The SMILES string of the molecule is CCCNc1cc(CC)nc(Cc2ccncc2)n1. The number of rotatable bonds is 6. The van der Waals surface area contributed by atoms with Crippen molar-refractivity contribution in [2.75, 3.05) is 11.9 Å². The highest BCUT2D eigenvalue weighted by atomic mass is 15.0. The first-order chi connectivity index (χ1) is 9.31. The second-order valence-electron chi connectivity index (χ2n) is 4.47. The van der Waals surface area contributed by atoms with E-state index >= 15 is 0 Å². The van der Waals surface area contributed by atoms with Crippen LogP contribution in [0.25, 0.3) is 0 Å². The lowest BCUT2D eigenvalue weighted by molar-refractivity contribution is 0.891. The normalized spacial score (nSPS) is 10.4. The fraction of sp³-hybridized carbons (Fsp3) is 0.400. The van der Waals surface area contributed by atoms with Crippen molar-refractivity contribution < 1.29 is 0 Å². The van der Waals surface area contributed by atoms with Crippen LogP contribution in [-0.4, -0.2) is 21.5 Å². The topological polar surface area (TPSA) is 50.7 Å². The summed E-state index contributed by atoms with van der Waals surface area (Å²) in [6.45, 7) is 5.20. The zero-order valence-electron chi connectivity index (χ0n) is 11.6. The third-order valence-corrected chi connectivity index (χ3v) is 2.86. The molecule has 2 rings (SSSR count). The molecule has 0 aromatic carbocycles. The molecule has 0 saturated heterocycles. The molecule has 0 saturated carbocycles. The van der Waals surface area contributed by atoms with Gasteiger partial charge in [0.15, 0.2) is 0 Å². The number of anilines is 1. The van der Waals surface area contributed by atoms with E-state index in [1.54, 1.807) is 12.4 Å². The lowest BCUT2D eigenvalue weighted by atomic mass is 10.2. The number of hydrogen-bond donors (Lipinski definition) is 1. The maximum Gasteiger partial charge on any atom is 0.135 e. The van der Waals surface area contributed by atoms with Crippen LogP contribution < -0.4 is 5.32 Å². The zero-order chi connectivity index (χ0) is 13.5. The highest BCUT2D eigenvalue weighted by Gasteiger charge is 2.04. The van der Waals surface area contributed by atoms with Crippen molar-refractivity contribution in [1.29, 1.82) is 0 Å². The summed E-state index contributed by atoms with van der Waals surface area (Å²) in [7, 11) is 0. The van der Waals surface area contributed by atoms with Gasteiger partial charge >= 0.3 is 0 Å². The predicted molar refractivity (Wildman–Crippen MR) is 77.2 cm³/mol. The maximum absolute atomic E-state index is 4.58. The van der Waals surface area contributed by atoms with Crippen LogP contribution in [0, 0.1) is 0 Å². The maximum atomic E-state index is 4.58. The molecule has 1 N–H and O–H groups in total. The summed E-state index contributed by atoms with van der Waals surface area (Å²) in [5.41, 5.74) is 2.27. The van der Waals surface area contributed by atoms with Gasteiger partial charge in [-0.1, -0.05) is 13.8 Å². The van der Waals surface area contributed by atoms with Crippen LogP contribution in [0.15, 0.2) is 30.6 Å². The average Bonchev–Trinajstić information content (AvgIpc) is 2.46. The van der Waals surface area contributed by atoms with Crippen LogP contribution >= 0.6 is 0 Å².